The molecular weight excluding hydrogens is 420 g/mol. The molecule has 2 amide bonds. The summed E-state index contributed by atoms with van der Waals surface area (Å²) in [6.07, 6.45) is 2.16. The lowest BCUT2D eigenvalue weighted by molar-refractivity contribution is -0.131. The molecule has 2 aromatic carbocycles. The van der Waals surface area contributed by atoms with E-state index >= 15 is 0 Å². The summed E-state index contributed by atoms with van der Waals surface area (Å²) in [7, 11) is 0. The van der Waals surface area contributed by atoms with Crippen LogP contribution in [0, 0.1) is 6.92 Å². The SMILES string of the molecule is Cc1ccc(C(=O)Nc2ccc(N3CCN(CC(=O)N4CCCC4)CC3)c(C(=O)O)c2)cc1. The summed E-state index contributed by atoms with van der Waals surface area (Å²) in [4.78, 5) is 43.0. The molecule has 2 N–H and O–H groups in total. The highest BCUT2D eigenvalue weighted by Crippen LogP contribution is 2.26. The Labute approximate surface area is 193 Å². The number of amides is 2. The summed E-state index contributed by atoms with van der Waals surface area (Å²) in [6, 6.07) is 12.2. The van der Waals surface area contributed by atoms with Crippen LogP contribution in [0.5, 0.6) is 0 Å². The number of carbonyl (C=O) groups is 3. The molecule has 0 unspecified atom stereocenters. The fourth-order valence-electron chi connectivity index (χ4n) is 4.37. The van der Waals surface area contributed by atoms with Crippen LogP contribution in [0.2, 0.25) is 0 Å². The van der Waals surface area contributed by atoms with Crippen molar-refractivity contribution in [3.8, 4) is 0 Å². The number of piperazine rings is 1. The molecule has 0 spiro atoms. The molecular formula is C25H30N4O4. The Morgan fingerprint density at radius 2 is 1.58 bits per heavy atom. The lowest BCUT2D eigenvalue weighted by Gasteiger charge is -2.37. The van der Waals surface area contributed by atoms with E-state index in [1.165, 1.54) is 6.07 Å². The third-order valence-corrected chi connectivity index (χ3v) is 6.33. The van der Waals surface area contributed by atoms with Crippen LogP contribution in [-0.2, 0) is 4.79 Å². The lowest BCUT2D eigenvalue weighted by Crippen LogP contribution is -2.50. The van der Waals surface area contributed by atoms with Gasteiger partial charge in [-0.2, -0.15) is 0 Å². The van der Waals surface area contributed by atoms with Crippen molar-refractivity contribution in [1.29, 1.82) is 0 Å². The van der Waals surface area contributed by atoms with Gasteiger partial charge in [0.05, 0.1) is 17.8 Å². The summed E-state index contributed by atoms with van der Waals surface area (Å²) >= 11 is 0. The van der Waals surface area contributed by atoms with Crippen molar-refractivity contribution in [3.63, 3.8) is 0 Å². The molecule has 2 aromatic rings. The number of hydrogen-bond donors (Lipinski definition) is 2. The number of carboxylic acids is 1. The van der Waals surface area contributed by atoms with E-state index in [4.69, 9.17) is 0 Å². The molecule has 0 bridgehead atoms. The number of anilines is 2. The first kappa shape index (κ1) is 22.8. The van der Waals surface area contributed by atoms with Crippen molar-refractivity contribution in [2.24, 2.45) is 0 Å². The molecule has 174 valence electrons. The monoisotopic (exact) mass is 450 g/mol. The largest absolute Gasteiger partial charge is 0.478 e. The fraction of sp³-hybridized carbons (Fsp3) is 0.400. The second-order valence-electron chi connectivity index (χ2n) is 8.71. The van der Waals surface area contributed by atoms with Crippen molar-refractivity contribution < 1.29 is 19.5 Å². The Bertz CT molecular complexity index is 1020. The van der Waals surface area contributed by atoms with Gasteiger partial charge in [0.1, 0.15) is 0 Å². The number of nitrogens with zero attached hydrogens (tertiary/aromatic N) is 3. The van der Waals surface area contributed by atoms with Crippen molar-refractivity contribution >= 4 is 29.2 Å². The van der Waals surface area contributed by atoms with Gasteiger partial charge < -0.3 is 20.2 Å². The summed E-state index contributed by atoms with van der Waals surface area (Å²) in [5.74, 6) is -1.14. The molecule has 4 rings (SSSR count). The van der Waals surface area contributed by atoms with Gasteiger partial charge in [-0.15, -0.1) is 0 Å². The van der Waals surface area contributed by atoms with Gasteiger partial charge in [-0.25, -0.2) is 4.79 Å². The van der Waals surface area contributed by atoms with Crippen molar-refractivity contribution in [3.05, 3.63) is 59.2 Å². The molecule has 0 aromatic heterocycles. The van der Waals surface area contributed by atoms with E-state index in [1.807, 2.05) is 28.9 Å². The van der Waals surface area contributed by atoms with E-state index in [1.54, 1.807) is 24.3 Å². The molecule has 2 heterocycles. The number of aromatic carboxylic acids is 1. The highest BCUT2D eigenvalue weighted by Gasteiger charge is 2.25. The molecule has 33 heavy (non-hydrogen) atoms. The predicted octanol–water partition coefficient (Wildman–Crippen LogP) is 2.69. The van der Waals surface area contributed by atoms with E-state index in [0.717, 1.165) is 31.5 Å². The fourth-order valence-corrected chi connectivity index (χ4v) is 4.37. The van der Waals surface area contributed by atoms with Gasteiger partial charge in [0, 0.05) is 50.5 Å². The number of rotatable bonds is 6. The number of carbonyl (C=O) groups excluding carboxylic acids is 2. The van der Waals surface area contributed by atoms with Crippen molar-refractivity contribution in [2.45, 2.75) is 19.8 Å². The van der Waals surface area contributed by atoms with Crippen LogP contribution in [0.25, 0.3) is 0 Å². The second kappa shape index (κ2) is 10.0. The van der Waals surface area contributed by atoms with Crippen LogP contribution < -0.4 is 10.2 Å². The van der Waals surface area contributed by atoms with Gasteiger partial charge in [0.25, 0.3) is 5.91 Å². The molecule has 2 aliphatic rings. The van der Waals surface area contributed by atoms with Crippen LogP contribution in [0.3, 0.4) is 0 Å². The van der Waals surface area contributed by atoms with Gasteiger partial charge in [-0.05, 0) is 50.1 Å². The Morgan fingerprint density at radius 3 is 2.21 bits per heavy atom. The van der Waals surface area contributed by atoms with Crippen LogP contribution >= 0.6 is 0 Å². The van der Waals surface area contributed by atoms with Crippen LogP contribution in [-0.4, -0.2) is 78.5 Å². The number of carboxylic acid groups (broad SMARTS) is 1. The molecule has 0 saturated carbocycles. The minimum atomic E-state index is -1.04. The van der Waals surface area contributed by atoms with Crippen LogP contribution in [0.15, 0.2) is 42.5 Å². The molecule has 0 atom stereocenters. The highest BCUT2D eigenvalue weighted by atomic mass is 16.4. The van der Waals surface area contributed by atoms with Gasteiger partial charge in [0.15, 0.2) is 0 Å². The van der Waals surface area contributed by atoms with Gasteiger partial charge in [-0.1, -0.05) is 17.7 Å². The summed E-state index contributed by atoms with van der Waals surface area (Å²) in [5.41, 5.74) is 2.79. The summed E-state index contributed by atoms with van der Waals surface area (Å²) < 4.78 is 0. The normalized spacial score (nSPS) is 16.6. The zero-order chi connectivity index (χ0) is 23.4. The highest BCUT2D eigenvalue weighted by molar-refractivity contribution is 6.05. The summed E-state index contributed by atoms with van der Waals surface area (Å²) in [6.45, 7) is 6.76. The first-order valence-corrected chi connectivity index (χ1v) is 11.4. The Morgan fingerprint density at radius 1 is 0.909 bits per heavy atom. The van der Waals surface area contributed by atoms with Gasteiger partial charge in [0.2, 0.25) is 5.91 Å². The molecule has 0 radical (unpaired) electrons. The van der Waals surface area contributed by atoms with E-state index in [2.05, 4.69) is 10.2 Å². The molecule has 2 saturated heterocycles. The number of hydrogen-bond acceptors (Lipinski definition) is 5. The van der Waals surface area contributed by atoms with E-state index in [0.29, 0.717) is 49.7 Å². The maximum Gasteiger partial charge on any atom is 0.337 e. The van der Waals surface area contributed by atoms with Crippen LogP contribution in [0.1, 0.15) is 39.1 Å². The summed E-state index contributed by atoms with van der Waals surface area (Å²) in [5, 5.41) is 12.6. The van der Waals surface area contributed by atoms with E-state index < -0.39 is 5.97 Å². The third-order valence-electron chi connectivity index (χ3n) is 6.33. The molecule has 8 nitrogen and oxygen atoms in total. The third kappa shape index (κ3) is 5.51. The Hall–Kier alpha value is -3.39. The number of aryl methyl sites for hydroxylation is 1. The molecule has 8 heteroatoms. The molecule has 2 fully saturated rings. The number of nitrogens with one attached hydrogen (secondary N) is 1. The first-order chi connectivity index (χ1) is 15.9. The maximum absolute atomic E-state index is 12.5. The van der Waals surface area contributed by atoms with E-state index in [9.17, 15) is 19.5 Å². The zero-order valence-electron chi connectivity index (χ0n) is 18.9. The Balaban J connectivity index is 1.39. The smallest absolute Gasteiger partial charge is 0.337 e. The Kier molecular flexibility index (Phi) is 6.93. The minimum Gasteiger partial charge on any atom is -0.478 e. The maximum atomic E-state index is 12.5. The number of likely N-dealkylation sites (tertiary alicyclic amines) is 1. The average molecular weight is 451 g/mol. The van der Waals surface area contributed by atoms with Gasteiger partial charge >= 0.3 is 5.97 Å². The average Bonchev–Trinajstić information content (AvgIpc) is 3.35. The van der Waals surface area contributed by atoms with Crippen molar-refractivity contribution in [1.82, 2.24) is 9.80 Å². The first-order valence-electron chi connectivity index (χ1n) is 11.4. The molecule has 2 aliphatic heterocycles. The molecule has 0 aliphatic carbocycles. The zero-order valence-corrected chi connectivity index (χ0v) is 18.9. The number of benzene rings is 2. The standard InChI is InChI=1S/C25H30N4O4/c1-18-4-6-19(7-5-18)24(31)26-20-8-9-22(21(16-20)25(32)33)28-14-12-27(13-15-28)17-23(30)29-10-2-3-11-29/h4-9,16H,2-3,10-15,17H2,1H3,(H,26,31)(H,32,33). The topological polar surface area (TPSA) is 93.2 Å². The predicted molar refractivity (Wildman–Crippen MR) is 127 cm³/mol. The van der Waals surface area contributed by atoms with Crippen LogP contribution in [0.4, 0.5) is 11.4 Å². The second-order valence-corrected chi connectivity index (χ2v) is 8.71. The lowest BCUT2D eigenvalue weighted by atomic mass is 10.1. The van der Waals surface area contributed by atoms with Gasteiger partial charge in [-0.3, -0.25) is 14.5 Å². The minimum absolute atomic E-state index is 0.151. The van der Waals surface area contributed by atoms with Crippen molar-refractivity contribution in [2.75, 3.05) is 56.0 Å². The van der Waals surface area contributed by atoms with E-state index in [-0.39, 0.29) is 17.4 Å². The quantitative estimate of drug-likeness (QED) is 0.703.